The summed E-state index contributed by atoms with van der Waals surface area (Å²) < 4.78 is 10.8. The highest BCUT2D eigenvalue weighted by Crippen LogP contribution is 2.36. The van der Waals surface area contributed by atoms with Crippen LogP contribution in [-0.4, -0.2) is 25.1 Å². The number of ether oxygens (including phenoxy) is 2. The van der Waals surface area contributed by atoms with Crippen molar-refractivity contribution in [3.63, 3.8) is 0 Å². The number of rotatable bonds is 4. The number of carbonyl (C=O) groups is 1. The molecular formula is C15H16ClNO3. The smallest absolute Gasteiger partial charge is 0.185 e. The van der Waals surface area contributed by atoms with Crippen molar-refractivity contribution in [3.05, 3.63) is 28.8 Å². The molecule has 2 rings (SSSR count). The van der Waals surface area contributed by atoms with Crippen LogP contribution in [0.15, 0.2) is 18.2 Å². The number of methoxy groups -OCH3 is 1. The van der Waals surface area contributed by atoms with Gasteiger partial charge in [-0.15, -0.1) is 0 Å². The number of carbonyl (C=O) groups excluding carboxylic acids is 1. The summed E-state index contributed by atoms with van der Waals surface area (Å²) in [5, 5.41) is 9.87. The largest absolute Gasteiger partial charge is 0.496 e. The first-order valence-electron chi connectivity index (χ1n) is 6.43. The van der Waals surface area contributed by atoms with Crippen molar-refractivity contribution in [2.75, 3.05) is 13.7 Å². The SMILES string of the molecule is COc1ccc(Cl)cc1C(C#N)C(=O)C1(C)CCCO1. The minimum absolute atomic E-state index is 0.238. The van der Waals surface area contributed by atoms with Crippen molar-refractivity contribution >= 4 is 17.4 Å². The normalized spacial score (nSPS) is 23.1. The minimum Gasteiger partial charge on any atom is -0.496 e. The molecule has 0 bridgehead atoms. The van der Waals surface area contributed by atoms with Crippen molar-refractivity contribution in [3.8, 4) is 11.8 Å². The number of nitriles is 1. The molecule has 2 unspecified atom stereocenters. The fraction of sp³-hybridized carbons (Fsp3) is 0.467. The van der Waals surface area contributed by atoms with E-state index >= 15 is 0 Å². The molecule has 1 heterocycles. The van der Waals surface area contributed by atoms with Gasteiger partial charge in [-0.05, 0) is 38.0 Å². The van der Waals surface area contributed by atoms with Gasteiger partial charge in [-0.3, -0.25) is 4.79 Å². The highest BCUT2D eigenvalue weighted by molar-refractivity contribution is 6.30. The number of nitrogens with zero attached hydrogens (tertiary/aromatic N) is 1. The van der Waals surface area contributed by atoms with Crippen LogP contribution in [-0.2, 0) is 9.53 Å². The fourth-order valence-electron chi connectivity index (χ4n) is 2.48. The van der Waals surface area contributed by atoms with Crippen molar-refractivity contribution in [2.24, 2.45) is 0 Å². The average Bonchev–Trinajstić information content (AvgIpc) is 2.88. The van der Waals surface area contributed by atoms with Crippen LogP contribution in [0.25, 0.3) is 0 Å². The van der Waals surface area contributed by atoms with Gasteiger partial charge in [0.05, 0.1) is 13.2 Å². The van der Waals surface area contributed by atoms with E-state index in [2.05, 4.69) is 6.07 Å². The van der Waals surface area contributed by atoms with Crippen LogP contribution >= 0.6 is 11.6 Å². The maximum Gasteiger partial charge on any atom is 0.185 e. The van der Waals surface area contributed by atoms with Gasteiger partial charge < -0.3 is 9.47 Å². The Morgan fingerprint density at radius 3 is 2.90 bits per heavy atom. The van der Waals surface area contributed by atoms with Gasteiger partial charge in [0.25, 0.3) is 0 Å². The van der Waals surface area contributed by atoms with Crippen molar-refractivity contribution < 1.29 is 14.3 Å². The van der Waals surface area contributed by atoms with Crippen LogP contribution < -0.4 is 4.74 Å². The molecule has 1 aliphatic heterocycles. The molecule has 0 aromatic heterocycles. The number of benzene rings is 1. The number of halogens is 1. The van der Waals surface area contributed by atoms with E-state index in [1.807, 2.05) is 0 Å². The average molecular weight is 294 g/mol. The minimum atomic E-state index is -0.938. The summed E-state index contributed by atoms with van der Waals surface area (Å²) in [6.07, 6.45) is 1.46. The molecule has 20 heavy (non-hydrogen) atoms. The van der Waals surface area contributed by atoms with Gasteiger partial charge in [-0.1, -0.05) is 11.6 Å². The number of hydrogen-bond acceptors (Lipinski definition) is 4. The molecule has 0 saturated carbocycles. The Morgan fingerprint density at radius 2 is 2.35 bits per heavy atom. The highest BCUT2D eigenvalue weighted by Gasteiger charge is 2.42. The van der Waals surface area contributed by atoms with Gasteiger partial charge >= 0.3 is 0 Å². The molecule has 1 saturated heterocycles. The van der Waals surface area contributed by atoms with E-state index in [9.17, 15) is 10.1 Å². The Labute approximate surface area is 123 Å². The lowest BCUT2D eigenvalue weighted by atomic mass is 9.84. The molecule has 0 amide bonds. The van der Waals surface area contributed by atoms with Crippen LogP contribution in [0.4, 0.5) is 0 Å². The number of hydrogen-bond donors (Lipinski definition) is 0. The van der Waals surface area contributed by atoms with Gasteiger partial charge in [0, 0.05) is 17.2 Å². The third-order valence-corrected chi connectivity index (χ3v) is 3.87. The second-order valence-corrected chi connectivity index (χ2v) is 5.43. The summed E-state index contributed by atoms with van der Waals surface area (Å²) >= 11 is 5.97. The molecule has 0 N–H and O–H groups in total. The molecular weight excluding hydrogens is 278 g/mol. The zero-order valence-corrected chi connectivity index (χ0v) is 12.2. The molecule has 1 aliphatic rings. The monoisotopic (exact) mass is 293 g/mol. The van der Waals surface area contributed by atoms with Crippen LogP contribution in [0, 0.1) is 11.3 Å². The first kappa shape index (κ1) is 14.8. The second kappa shape index (κ2) is 5.82. The molecule has 0 aliphatic carbocycles. The summed E-state index contributed by atoms with van der Waals surface area (Å²) in [6.45, 7) is 2.29. The predicted octanol–water partition coefficient (Wildman–Crippen LogP) is 3.09. The van der Waals surface area contributed by atoms with E-state index in [1.165, 1.54) is 7.11 Å². The molecule has 4 nitrogen and oxygen atoms in total. The number of ketones is 1. The van der Waals surface area contributed by atoms with E-state index in [1.54, 1.807) is 25.1 Å². The van der Waals surface area contributed by atoms with Crippen molar-refractivity contribution in [1.29, 1.82) is 5.26 Å². The maximum atomic E-state index is 12.6. The summed E-state index contributed by atoms with van der Waals surface area (Å²) in [4.78, 5) is 12.6. The summed E-state index contributed by atoms with van der Waals surface area (Å²) in [5.74, 6) is -0.694. The van der Waals surface area contributed by atoms with E-state index < -0.39 is 11.5 Å². The third-order valence-electron chi connectivity index (χ3n) is 3.63. The van der Waals surface area contributed by atoms with Gasteiger partial charge in [-0.2, -0.15) is 5.26 Å². The zero-order valence-electron chi connectivity index (χ0n) is 11.5. The number of Topliss-reactive ketones (excluding diaryl/α,β-unsaturated/α-hetero) is 1. The molecule has 0 radical (unpaired) electrons. The first-order valence-corrected chi connectivity index (χ1v) is 6.81. The Balaban J connectivity index is 2.40. The molecule has 1 fully saturated rings. The summed E-state index contributed by atoms with van der Waals surface area (Å²) in [5.41, 5.74) is -0.405. The lowest BCUT2D eigenvalue weighted by Crippen LogP contribution is -2.38. The standard InChI is InChI=1S/C15H16ClNO3/c1-15(6-3-7-20-15)14(18)12(9-17)11-8-10(16)4-5-13(11)19-2/h4-5,8,12H,3,6-7H2,1-2H3. The van der Waals surface area contributed by atoms with Gasteiger partial charge in [0.1, 0.15) is 17.3 Å². The predicted molar refractivity (Wildman–Crippen MR) is 75.0 cm³/mol. The Bertz CT molecular complexity index is 559. The van der Waals surface area contributed by atoms with Crippen molar-refractivity contribution in [2.45, 2.75) is 31.3 Å². The lowest BCUT2D eigenvalue weighted by molar-refractivity contribution is -0.137. The van der Waals surface area contributed by atoms with Crippen molar-refractivity contribution in [1.82, 2.24) is 0 Å². The summed E-state index contributed by atoms with van der Waals surface area (Å²) in [7, 11) is 1.50. The molecule has 2 atom stereocenters. The Hall–Kier alpha value is -1.57. The van der Waals surface area contributed by atoms with E-state index in [0.717, 1.165) is 6.42 Å². The summed E-state index contributed by atoms with van der Waals surface area (Å²) in [6, 6.07) is 6.98. The molecule has 0 spiro atoms. The zero-order chi connectivity index (χ0) is 14.8. The van der Waals surface area contributed by atoms with Crippen LogP contribution in [0.5, 0.6) is 5.75 Å². The van der Waals surface area contributed by atoms with E-state index in [0.29, 0.717) is 29.4 Å². The third kappa shape index (κ3) is 2.65. The lowest BCUT2D eigenvalue weighted by Gasteiger charge is -2.25. The van der Waals surface area contributed by atoms with Gasteiger partial charge in [-0.25, -0.2) is 0 Å². The highest BCUT2D eigenvalue weighted by atomic mass is 35.5. The van der Waals surface area contributed by atoms with Crippen LogP contribution in [0.3, 0.4) is 0 Å². The Kier molecular flexibility index (Phi) is 4.32. The van der Waals surface area contributed by atoms with E-state index in [-0.39, 0.29) is 5.78 Å². The topological polar surface area (TPSA) is 59.3 Å². The van der Waals surface area contributed by atoms with Crippen LogP contribution in [0.2, 0.25) is 5.02 Å². The molecule has 1 aromatic rings. The first-order chi connectivity index (χ1) is 9.51. The Morgan fingerprint density at radius 1 is 1.60 bits per heavy atom. The second-order valence-electron chi connectivity index (χ2n) is 5.00. The quantitative estimate of drug-likeness (QED) is 0.856. The fourth-order valence-corrected chi connectivity index (χ4v) is 2.66. The molecule has 5 heteroatoms. The van der Waals surface area contributed by atoms with Gasteiger partial charge in [0.2, 0.25) is 0 Å². The van der Waals surface area contributed by atoms with Gasteiger partial charge in [0.15, 0.2) is 5.78 Å². The molecule has 106 valence electrons. The van der Waals surface area contributed by atoms with Crippen LogP contribution in [0.1, 0.15) is 31.2 Å². The van der Waals surface area contributed by atoms with E-state index in [4.69, 9.17) is 21.1 Å². The maximum absolute atomic E-state index is 12.6. The molecule has 1 aromatic carbocycles.